The minimum absolute atomic E-state index is 0.00602. The van der Waals surface area contributed by atoms with E-state index in [4.69, 9.17) is 36.6 Å². The molecule has 83 heavy (non-hydrogen) atoms. The third kappa shape index (κ3) is 13.3. The molecule has 2 aromatic carbocycles. The van der Waals surface area contributed by atoms with Crippen LogP contribution < -0.4 is 51.4 Å². The van der Waals surface area contributed by atoms with Crippen molar-refractivity contribution in [3.8, 4) is 11.5 Å². The van der Waals surface area contributed by atoms with Crippen molar-refractivity contribution in [3.63, 3.8) is 0 Å². The molecule has 5 amide bonds. The van der Waals surface area contributed by atoms with Crippen LogP contribution in [0.1, 0.15) is 105 Å². The first-order valence-electron chi connectivity index (χ1n) is 28.6. The highest BCUT2D eigenvalue weighted by Gasteiger charge is 2.36. The number of aromatic nitrogens is 5. The third-order valence-electron chi connectivity index (χ3n) is 16.3. The number of anilines is 5. The molecule has 0 atom stereocenters. The fourth-order valence-corrected chi connectivity index (χ4v) is 11.9. The molecular formula is C58H75ClF2N15O7+. The molecule has 7 N–H and O–H groups in total. The number of hydrogen-bond acceptors (Lipinski definition) is 14. The van der Waals surface area contributed by atoms with Crippen molar-refractivity contribution < 1.29 is 42.7 Å². The predicted molar refractivity (Wildman–Crippen MR) is 314 cm³/mol. The van der Waals surface area contributed by atoms with Gasteiger partial charge in [-0.15, -0.1) is 0 Å². The van der Waals surface area contributed by atoms with Crippen LogP contribution in [0.2, 0.25) is 5.02 Å². The number of ether oxygens (including phenoxy) is 2. The number of piperidine rings is 2. The summed E-state index contributed by atoms with van der Waals surface area (Å²) in [6, 6.07) is 8.28. The van der Waals surface area contributed by atoms with Crippen LogP contribution in [0, 0.1) is 11.3 Å². The van der Waals surface area contributed by atoms with E-state index in [1.807, 2.05) is 14.7 Å². The molecule has 0 unspecified atom stereocenters. The van der Waals surface area contributed by atoms with Gasteiger partial charge < -0.3 is 65.6 Å². The summed E-state index contributed by atoms with van der Waals surface area (Å²) >= 11 is 6.59. The quantitative estimate of drug-likeness (QED) is 0.0359. The number of halogens is 3. The van der Waals surface area contributed by atoms with Crippen LogP contribution in [0.5, 0.6) is 11.5 Å². The van der Waals surface area contributed by atoms with E-state index in [9.17, 15) is 32.8 Å². The zero-order chi connectivity index (χ0) is 58.9. The monoisotopic (exact) mass is 1170 g/mol. The number of carbonyl (C=O) groups excluding carboxylic acids is 4. The Labute approximate surface area is 485 Å². The Morgan fingerprint density at radius 3 is 2.41 bits per heavy atom. The van der Waals surface area contributed by atoms with Gasteiger partial charge in [0, 0.05) is 132 Å². The minimum atomic E-state index is -2.76. The second-order valence-electron chi connectivity index (χ2n) is 21.4. The average Bonchev–Trinajstić information content (AvgIpc) is 2.51. The van der Waals surface area contributed by atoms with Crippen molar-refractivity contribution in [2.24, 2.45) is 13.0 Å². The summed E-state index contributed by atoms with van der Waals surface area (Å²) < 4.78 is 44.2. The largest absolute Gasteiger partial charge is 0.494 e. The molecule has 0 bridgehead atoms. The predicted octanol–water partition coefficient (Wildman–Crippen LogP) is 6.11. The number of quaternary nitrogens is 1. The Bertz CT molecular complexity index is 3320. The van der Waals surface area contributed by atoms with Crippen molar-refractivity contribution in [3.05, 3.63) is 86.1 Å². The lowest BCUT2D eigenvalue weighted by Gasteiger charge is -2.34. The summed E-state index contributed by atoms with van der Waals surface area (Å²) in [5, 5.41) is 27.5. The molecule has 4 aliphatic heterocycles. The number of pyridine rings is 1. The SMILES string of the molecule is CNC(=O)COc1cc2cc(Nc3nc(N4CCC(C(=O)NCCCCCCC(=O)N5CCC(n6nc(N7CCCc8cc(/C(C=N)=C/[NH2+]C)c(C(F)F)cc87)c7c6CCN(C(=O)NC)C7)CC5)CC4)ncc3Cl)cc(OC)c2n(C)c1=O. The first-order valence-corrected chi connectivity index (χ1v) is 29.0. The van der Waals surface area contributed by atoms with Crippen LogP contribution >= 0.6 is 11.6 Å². The Hall–Kier alpha value is -7.86. The maximum absolute atomic E-state index is 14.8. The highest BCUT2D eigenvalue weighted by atomic mass is 35.5. The molecule has 0 aliphatic carbocycles. The second-order valence-corrected chi connectivity index (χ2v) is 21.8. The Balaban J connectivity index is 0.726. The van der Waals surface area contributed by atoms with Crippen molar-refractivity contribution in [2.45, 2.75) is 96.1 Å². The number of fused-ring (bicyclic) bond motifs is 3. The van der Waals surface area contributed by atoms with Crippen LogP contribution in [-0.4, -0.2) is 145 Å². The maximum atomic E-state index is 14.8. The average molecular weight is 1170 g/mol. The number of methoxy groups -OCH3 is 1. The van der Waals surface area contributed by atoms with E-state index in [-0.39, 0.29) is 58.7 Å². The lowest BCUT2D eigenvalue weighted by Crippen LogP contribution is -2.72. The number of benzene rings is 2. The lowest BCUT2D eigenvalue weighted by molar-refractivity contribution is -0.555. The van der Waals surface area contributed by atoms with Gasteiger partial charge in [-0.25, -0.2) is 18.6 Å². The zero-order valence-electron chi connectivity index (χ0n) is 47.8. The Morgan fingerprint density at radius 1 is 0.928 bits per heavy atom. The van der Waals surface area contributed by atoms with Gasteiger partial charge in [0.15, 0.2) is 24.0 Å². The number of rotatable bonds is 21. The van der Waals surface area contributed by atoms with Crippen molar-refractivity contribution >= 4 is 87.0 Å². The number of amides is 5. The summed E-state index contributed by atoms with van der Waals surface area (Å²) in [6.45, 7) is 3.99. The van der Waals surface area contributed by atoms with E-state index in [1.54, 1.807) is 67.9 Å². The van der Waals surface area contributed by atoms with E-state index in [0.29, 0.717) is 154 Å². The van der Waals surface area contributed by atoms with Crippen LogP contribution in [0.4, 0.5) is 42.5 Å². The van der Waals surface area contributed by atoms with Gasteiger partial charge in [-0.3, -0.25) is 23.9 Å². The van der Waals surface area contributed by atoms with Gasteiger partial charge in [0.2, 0.25) is 17.8 Å². The smallest absolute Gasteiger partial charge is 0.317 e. The summed E-state index contributed by atoms with van der Waals surface area (Å²) in [7, 11) is 7.99. The van der Waals surface area contributed by atoms with E-state index in [2.05, 4.69) is 30.9 Å². The molecule has 0 radical (unpaired) electrons. The molecule has 25 heteroatoms. The number of unbranched alkanes of at least 4 members (excludes halogenated alkanes) is 3. The first-order chi connectivity index (χ1) is 40.1. The molecule has 3 aromatic heterocycles. The number of likely N-dealkylation sites (tertiary alicyclic amines) is 1. The van der Waals surface area contributed by atoms with Gasteiger partial charge in [0.05, 0.1) is 44.0 Å². The van der Waals surface area contributed by atoms with Gasteiger partial charge in [0.1, 0.15) is 17.0 Å². The molecular weight excluding hydrogens is 1090 g/mol. The Kier molecular flexibility index (Phi) is 19.5. The molecule has 0 saturated carbocycles. The normalized spacial score (nSPS) is 15.9. The lowest BCUT2D eigenvalue weighted by atomic mass is 9.92. The van der Waals surface area contributed by atoms with E-state index >= 15 is 0 Å². The summed E-state index contributed by atoms with van der Waals surface area (Å²) in [6.07, 6.45) is 10.1. The van der Waals surface area contributed by atoms with Gasteiger partial charge in [-0.2, -0.15) is 10.1 Å². The highest BCUT2D eigenvalue weighted by Crippen LogP contribution is 2.43. The number of carbonyl (C=O) groups is 4. The summed E-state index contributed by atoms with van der Waals surface area (Å²) in [4.78, 5) is 81.6. The van der Waals surface area contributed by atoms with Crippen molar-refractivity contribution in [1.29, 1.82) is 5.41 Å². The number of nitrogens with one attached hydrogen (secondary N) is 5. The fourth-order valence-electron chi connectivity index (χ4n) is 11.8. The summed E-state index contributed by atoms with van der Waals surface area (Å²) in [5.41, 5.74) is 4.84. The second kappa shape index (κ2) is 27.0. The third-order valence-corrected chi connectivity index (χ3v) is 16.5. The maximum Gasteiger partial charge on any atom is 0.317 e. The number of urea groups is 1. The molecule has 22 nitrogen and oxygen atoms in total. The number of allylic oxidation sites excluding steroid dienone is 1. The van der Waals surface area contributed by atoms with Crippen LogP contribution in [0.25, 0.3) is 16.5 Å². The molecule has 4 aliphatic rings. The standard InChI is InChI=1S/C58H74ClF2N15O7/c1-63-31-38(30-62)41-26-36-11-10-19-75(46(36)29-42(41)52(60)61)54-43-33-74(58(81)65-3)24-17-45(43)76(70-54)40-15-22-72(23-16-40)50(78)12-8-6-7-9-18-66-55(79)35-13-20-73(21-14-35)57-67-32-44(59)53(69-57)68-39-25-37-27-48(83-34-49(77)64-2)56(80)71(4)51(37)47(28-39)82-5/h25-32,35,40,52,62-63H,6-24,33-34H2,1-5H3,(H,64,77)(H,65,81)(H,66,79)(H,67,68,69)/p+1/b38-31+,62-30?. The number of hydrogen-bond donors (Lipinski definition) is 6. The van der Waals surface area contributed by atoms with E-state index in [0.717, 1.165) is 55.1 Å². The number of alkyl halides is 2. The van der Waals surface area contributed by atoms with E-state index < -0.39 is 12.0 Å². The fraction of sp³-hybridized carbons (Fsp3) is 0.500. The molecule has 9 rings (SSSR count). The van der Waals surface area contributed by atoms with Crippen LogP contribution in [-0.2, 0) is 40.8 Å². The zero-order valence-corrected chi connectivity index (χ0v) is 48.5. The molecule has 0 spiro atoms. The molecule has 5 aromatic rings. The molecule has 2 saturated heterocycles. The van der Waals surface area contributed by atoms with Gasteiger partial charge in [0.25, 0.3) is 17.9 Å². The van der Waals surface area contributed by atoms with Gasteiger partial charge >= 0.3 is 6.03 Å². The Morgan fingerprint density at radius 2 is 1.70 bits per heavy atom. The minimum Gasteiger partial charge on any atom is -0.494 e. The van der Waals surface area contributed by atoms with Crippen LogP contribution in [0.15, 0.2) is 47.5 Å². The summed E-state index contributed by atoms with van der Waals surface area (Å²) in [5.74, 6) is 1.54. The topological polar surface area (TPSA) is 254 Å². The number of nitrogens with zero attached hydrogens (tertiary/aromatic N) is 9. The molecule has 444 valence electrons. The van der Waals surface area contributed by atoms with E-state index in [1.165, 1.54) is 24.9 Å². The first kappa shape index (κ1) is 59.8. The molecule has 7 heterocycles. The highest BCUT2D eigenvalue weighted by molar-refractivity contribution is 6.33. The van der Waals surface area contributed by atoms with Gasteiger partial charge in [-0.1, -0.05) is 24.4 Å². The number of aryl methyl sites for hydroxylation is 2. The number of likely N-dealkylation sites (N-methyl/N-ethyl adjacent to an activating group) is 1. The number of nitrogens with two attached hydrogens (primary N) is 1. The van der Waals surface area contributed by atoms with Crippen LogP contribution in [0.3, 0.4) is 0 Å². The van der Waals surface area contributed by atoms with Crippen molar-refractivity contribution in [1.82, 2.24) is 50.1 Å². The molecule has 2 fully saturated rings. The van der Waals surface area contributed by atoms with Gasteiger partial charge in [-0.05, 0) is 86.8 Å². The van der Waals surface area contributed by atoms with Crippen molar-refractivity contribution in [2.75, 3.05) is 95.8 Å².